The van der Waals surface area contributed by atoms with Crippen molar-refractivity contribution in [3.05, 3.63) is 63.8 Å². The Kier molecular flexibility index (Phi) is 5.59. The Morgan fingerprint density at radius 3 is 2.65 bits per heavy atom. The molecular formula is C26H30N6O2. The molecular weight excluding hydrogens is 428 g/mol. The van der Waals surface area contributed by atoms with Crippen molar-refractivity contribution in [1.82, 2.24) is 20.6 Å². The third-order valence-electron chi connectivity index (χ3n) is 6.77. The molecule has 0 amide bonds. The van der Waals surface area contributed by atoms with Gasteiger partial charge in [0.15, 0.2) is 11.3 Å². The molecule has 8 nitrogen and oxygen atoms in total. The largest absolute Gasteiger partial charge is 0.440 e. The third-order valence-corrected chi connectivity index (χ3v) is 6.77. The van der Waals surface area contributed by atoms with Crippen molar-refractivity contribution in [3.8, 4) is 11.4 Å². The Morgan fingerprint density at radius 2 is 1.91 bits per heavy atom. The van der Waals surface area contributed by atoms with Crippen molar-refractivity contribution in [3.63, 3.8) is 0 Å². The predicted octanol–water partition coefficient (Wildman–Crippen LogP) is 5.08. The van der Waals surface area contributed by atoms with Gasteiger partial charge in [-0.2, -0.15) is 5.21 Å². The summed E-state index contributed by atoms with van der Waals surface area (Å²) >= 11 is 0. The number of piperidine rings is 1. The topological polar surface area (TPSA) is 99.9 Å². The molecule has 176 valence electrons. The van der Waals surface area contributed by atoms with Gasteiger partial charge in [0, 0.05) is 36.0 Å². The Morgan fingerprint density at radius 1 is 1.15 bits per heavy atom. The van der Waals surface area contributed by atoms with E-state index >= 15 is 0 Å². The number of para-hydroxylation sites is 1. The number of tetrazole rings is 1. The van der Waals surface area contributed by atoms with E-state index in [0.717, 1.165) is 48.3 Å². The van der Waals surface area contributed by atoms with E-state index in [9.17, 15) is 4.79 Å². The lowest BCUT2D eigenvalue weighted by molar-refractivity contribution is 0.274. The van der Waals surface area contributed by atoms with Gasteiger partial charge >= 0.3 is 0 Å². The zero-order chi connectivity index (χ0) is 23.9. The van der Waals surface area contributed by atoms with E-state index in [-0.39, 0.29) is 11.5 Å². The molecule has 1 atom stereocenters. The first-order valence-corrected chi connectivity index (χ1v) is 11.7. The van der Waals surface area contributed by atoms with Crippen LogP contribution in [-0.2, 0) is 0 Å². The number of nitrogens with one attached hydrogen (secondary N) is 2. The number of benzene rings is 2. The molecule has 2 N–H and O–H groups in total. The summed E-state index contributed by atoms with van der Waals surface area (Å²) in [5.41, 5.74) is 4.62. The van der Waals surface area contributed by atoms with E-state index in [1.165, 1.54) is 0 Å². The second kappa shape index (κ2) is 8.59. The maximum atomic E-state index is 13.1. The number of nitrogens with zero attached hydrogens (tertiary/aromatic N) is 4. The molecule has 3 heterocycles. The first-order chi connectivity index (χ1) is 16.3. The number of hydrogen-bond donors (Lipinski definition) is 2. The summed E-state index contributed by atoms with van der Waals surface area (Å²) in [6.07, 6.45) is 2.14. The van der Waals surface area contributed by atoms with Crippen LogP contribution in [0.15, 0.2) is 51.7 Å². The molecule has 0 spiro atoms. The van der Waals surface area contributed by atoms with Crippen molar-refractivity contribution >= 4 is 22.5 Å². The van der Waals surface area contributed by atoms with Crippen LogP contribution in [0.3, 0.4) is 0 Å². The Labute approximate surface area is 198 Å². The van der Waals surface area contributed by atoms with Crippen molar-refractivity contribution in [1.29, 1.82) is 0 Å². The van der Waals surface area contributed by atoms with Gasteiger partial charge in [-0.1, -0.05) is 32.0 Å². The van der Waals surface area contributed by atoms with Gasteiger partial charge in [0.1, 0.15) is 5.58 Å². The van der Waals surface area contributed by atoms with Crippen LogP contribution < -0.4 is 15.6 Å². The maximum Gasteiger partial charge on any atom is 0.206 e. The van der Waals surface area contributed by atoms with E-state index in [2.05, 4.69) is 57.7 Å². The van der Waals surface area contributed by atoms with Gasteiger partial charge in [0.25, 0.3) is 0 Å². The van der Waals surface area contributed by atoms with Crippen LogP contribution >= 0.6 is 0 Å². The lowest BCUT2D eigenvalue weighted by Gasteiger charge is -2.37. The van der Waals surface area contributed by atoms with Gasteiger partial charge in [-0.3, -0.25) is 4.79 Å². The number of hydrogen-bond acceptors (Lipinski definition) is 7. The van der Waals surface area contributed by atoms with Crippen molar-refractivity contribution in [2.45, 2.75) is 46.6 Å². The summed E-state index contributed by atoms with van der Waals surface area (Å²) in [5.74, 6) is 1.17. The van der Waals surface area contributed by atoms with Gasteiger partial charge in [-0.25, -0.2) is 0 Å². The first kappa shape index (κ1) is 22.1. The Hall–Kier alpha value is -3.68. The zero-order valence-corrected chi connectivity index (χ0v) is 20.1. The van der Waals surface area contributed by atoms with Gasteiger partial charge in [0.05, 0.1) is 11.4 Å². The highest BCUT2D eigenvalue weighted by atomic mass is 16.4. The molecule has 1 unspecified atom stereocenters. The molecule has 0 bridgehead atoms. The molecule has 8 heteroatoms. The summed E-state index contributed by atoms with van der Waals surface area (Å²) in [4.78, 5) is 15.3. The molecule has 0 aliphatic carbocycles. The van der Waals surface area contributed by atoms with Gasteiger partial charge in [-0.15, -0.1) is 10.2 Å². The fourth-order valence-electron chi connectivity index (χ4n) is 4.62. The normalized spacial score (nSPS) is 16.5. The summed E-state index contributed by atoms with van der Waals surface area (Å²) in [5, 5.41) is 18.6. The fraction of sp³-hybridized carbons (Fsp3) is 0.385. The first-order valence-electron chi connectivity index (χ1n) is 11.7. The number of aromatic nitrogens is 4. The lowest BCUT2D eigenvalue weighted by atomic mass is 9.83. The summed E-state index contributed by atoms with van der Waals surface area (Å²) in [6, 6.07) is 13.3. The van der Waals surface area contributed by atoms with Crippen LogP contribution in [0.4, 0.5) is 11.6 Å². The molecule has 4 aromatic rings. The number of H-pyrrole nitrogens is 1. The second-order valence-electron chi connectivity index (χ2n) is 9.98. The SMILES string of the molecule is Cc1cc(C(C)Nc2ccccc2-c2nn[nH]n2)c2oc(N3CCC(C)(C)CC3)cc(=O)c2c1. The Bertz CT molecular complexity index is 1370. The highest BCUT2D eigenvalue weighted by Gasteiger charge is 2.27. The molecule has 0 radical (unpaired) electrons. The number of rotatable bonds is 5. The van der Waals surface area contributed by atoms with E-state index < -0.39 is 0 Å². The highest BCUT2D eigenvalue weighted by Crippen LogP contribution is 2.35. The number of anilines is 2. The van der Waals surface area contributed by atoms with Crippen LogP contribution in [0, 0.1) is 12.3 Å². The highest BCUT2D eigenvalue weighted by molar-refractivity contribution is 5.83. The molecule has 1 saturated heterocycles. The van der Waals surface area contributed by atoms with Crippen molar-refractivity contribution in [2.24, 2.45) is 5.41 Å². The second-order valence-corrected chi connectivity index (χ2v) is 9.98. The monoisotopic (exact) mass is 458 g/mol. The average Bonchev–Trinajstić information content (AvgIpc) is 3.34. The molecule has 2 aromatic carbocycles. The smallest absolute Gasteiger partial charge is 0.206 e. The van der Waals surface area contributed by atoms with E-state index in [0.29, 0.717) is 28.1 Å². The summed E-state index contributed by atoms with van der Waals surface area (Å²) < 4.78 is 6.44. The van der Waals surface area contributed by atoms with Crippen LogP contribution in [0.25, 0.3) is 22.4 Å². The van der Waals surface area contributed by atoms with E-state index in [1.54, 1.807) is 6.07 Å². The predicted molar refractivity (Wildman–Crippen MR) is 134 cm³/mol. The Balaban J connectivity index is 1.53. The number of aromatic amines is 1. The van der Waals surface area contributed by atoms with Crippen LogP contribution in [0.1, 0.15) is 50.8 Å². The molecule has 1 fully saturated rings. The molecule has 34 heavy (non-hydrogen) atoms. The molecule has 0 saturated carbocycles. The molecule has 5 rings (SSSR count). The summed E-state index contributed by atoms with van der Waals surface area (Å²) in [6.45, 7) is 10.4. The van der Waals surface area contributed by atoms with E-state index in [4.69, 9.17) is 4.42 Å². The molecule has 1 aliphatic heterocycles. The van der Waals surface area contributed by atoms with E-state index in [1.807, 2.05) is 37.3 Å². The maximum absolute atomic E-state index is 13.1. The average molecular weight is 459 g/mol. The van der Waals surface area contributed by atoms with Gasteiger partial charge < -0.3 is 14.6 Å². The van der Waals surface area contributed by atoms with Crippen LogP contribution in [0.5, 0.6) is 0 Å². The summed E-state index contributed by atoms with van der Waals surface area (Å²) in [7, 11) is 0. The van der Waals surface area contributed by atoms with Gasteiger partial charge in [-0.05, 0) is 61.1 Å². The number of fused-ring (bicyclic) bond motifs is 1. The molecule has 2 aromatic heterocycles. The minimum Gasteiger partial charge on any atom is -0.440 e. The van der Waals surface area contributed by atoms with Crippen LogP contribution in [0.2, 0.25) is 0 Å². The minimum atomic E-state index is -0.130. The number of aryl methyl sites for hydroxylation is 1. The third kappa shape index (κ3) is 4.27. The van der Waals surface area contributed by atoms with Crippen LogP contribution in [-0.4, -0.2) is 33.7 Å². The minimum absolute atomic E-state index is 0.00886. The lowest BCUT2D eigenvalue weighted by Crippen LogP contribution is -2.37. The standard InChI is InChI=1S/C26H30N6O2/c1-16-13-19(17(2)27-21-8-6-5-7-18(21)25-28-30-31-29-25)24-20(14-16)22(33)15-23(34-24)32-11-9-26(3,4)10-12-32/h5-8,13-15,17,27H,9-12H2,1-4H3,(H,28,29,30,31). The van der Waals surface area contributed by atoms with Gasteiger partial charge in [0.2, 0.25) is 5.82 Å². The fourth-order valence-corrected chi connectivity index (χ4v) is 4.62. The van der Waals surface area contributed by atoms with Crippen molar-refractivity contribution < 1.29 is 4.42 Å². The quantitative estimate of drug-likeness (QED) is 0.430. The zero-order valence-electron chi connectivity index (χ0n) is 20.1. The van der Waals surface area contributed by atoms with Crippen molar-refractivity contribution in [2.75, 3.05) is 23.3 Å². The molecule has 1 aliphatic rings.